The van der Waals surface area contributed by atoms with E-state index in [2.05, 4.69) is 15.2 Å². The zero-order chi connectivity index (χ0) is 35.3. The quantitative estimate of drug-likeness (QED) is 0.194. The van der Waals surface area contributed by atoms with E-state index in [4.69, 9.17) is 32.7 Å². The molecule has 1 saturated heterocycles. The number of likely N-dealkylation sites (tertiary alicyclic amines) is 1. The minimum Gasteiger partial charge on any atom is -0.493 e. The number of halogens is 3. The van der Waals surface area contributed by atoms with Crippen LogP contribution in [0.3, 0.4) is 0 Å². The number of aromatic nitrogens is 2. The number of ether oxygens (including phenoxy) is 2. The van der Waals surface area contributed by atoms with Gasteiger partial charge in [-0.15, -0.1) is 0 Å². The van der Waals surface area contributed by atoms with Crippen LogP contribution in [0.4, 0.5) is 10.1 Å². The van der Waals surface area contributed by atoms with Gasteiger partial charge in [0.15, 0.2) is 17.3 Å². The number of rotatable bonds is 9. The summed E-state index contributed by atoms with van der Waals surface area (Å²) in [5, 5.41) is 12.8. The van der Waals surface area contributed by atoms with Crippen LogP contribution in [0.25, 0.3) is 17.2 Å². The monoisotopic (exact) mass is 719 g/mol. The SMILES string of the molecule is COc1c(CN2CCC(C(=O)O)C2)cc(Cl)c(OC2C=Cc3c(-c4cccc(NC(=O)c5nc6c(n5C)CCN(C)C6)c4Cl)cccc32)c1F. The summed E-state index contributed by atoms with van der Waals surface area (Å²) in [5.41, 5.74) is 6.06. The van der Waals surface area contributed by atoms with Gasteiger partial charge in [0.05, 0.1) is 34.5 Å². The molecule has 3 aromatic carbocycles. The zero-order valence-electron chi connectivity index (χ0n) is 27.8. The number of hydrogen-bond donors (Lipinski definition) is 2. The number of likely N-dealkylation sites (N-methyl/N-ethyl adjacent to an activating group) is 1. The highest BCUT2D eigenvalue weighted by molar-refractivity contribution is 6.36. The van der Waals surface area contributed by atoms with Gasteiger partial charge >= 0.3 is 5.97 Å². The molecule has 0 saturated carbocycles. The van der Waals surface area contributed by atoms with E-state index in [0.717, 1.165) is 41.0 Å². The summed E-state index contributed by atoms with van der Waals surface area (Å²) in [5.74, 6) is -2.19. The Morgan fingerprint density at radius 3 is 2.64 bits per heavy atom. The Morgan fingerprint density at radius 1 is 1.10 bits per heavy atom. The van der Waals surface area contributed by atoms with Gasteiger partial charge in [-0.05, 0) is 49.3 Å². The fourth-order valence-corrected chi connectivity index (χ4v) is 7.68. The van der Waals surface area contributed by atoms with Crippen LogP contribution in [0.2, 0.25) is 10.0 Å². The molecule has 7 rings (SSSR count). The highest BCUT2D eigenvalue weighted by Gasteiger charge is 2.31. The summed E-state index contributed by atoms with van der Waals surface area (Å²) in [7, 11) is 5.27. The lowest BCUT2D eigenvalue weighted by atomic mass is 9.96. The highest BCUT2D eigenvalue weighted by atomic mass is 35.5. The summed E-state index contributed by atoms with van der Waals surface area (Å²) >= 11 is 13.6. The van der Waals surface area contributed by atoms with Crippen molar-refractivity contribution in [3.63, 3.8) is 0 Å². The van der Waals surface area contributed by atoms with Gasteiger partial charge in [-0.2, -0.15) is 4.39 Å². The van der Waals surface area contributed by atoms with Gasteiger partial charge in [0.2, 0.25) is 5.82 Å². The van der Waals surface area contributed by atoms with Crippen molar-refractivity contribution in [1.29, 1.82) is 0 Å². The molecule has 2 aliphatic heterocycles. The number of imidazole rings is 1. The number of nitrogens with one attached hydrogen (secondary N) is 1. The maximum absolute atomic E-state index is 15.9. The van der Waals surface area contributed by atoms with Crippen LogP contribution in [0.5, 0.6) is 11.5 Å². The summed E-state index contributed by atoms with van der Waals surface area (Å²) < 4.78 is 29.5. The molecule has 2 unspecified atom stereocenters. The Hall–Kier alpha value is -4.42. The minimum absolute atomic E-state index is 0.00261. The molecule has 0 bridgehead atoms. The summed E-state index contributed by atoms with van der Waals surface area (Å²) in [6.45, 7) is 2.83. The number of anilines is 1. The molecule has 0 spiro atoms. The summed E-state index contributed by atoms with van der Waals surface area (Å²) in [6.07, 6.45) is 4.41. The van der Waals surface area contributed by atoms with Gasteiger partial charge in [-0.1, -0.05) is 59.6 Å². The van der Waals surface area contributed by atoms with Crippen LogP contribution in [0, 0.1) is 11.7 Å². The summed E-state index contributed by atoms with van der Waals surface area (Å²) in [6, 6.07) is 12.8. The molecule has 1 aliphatic carbocycles. The van der Waals surface area contributed by atoms with Crippen molar-refractivity contribution in [3.8, 4) is 22.6 Å². The van der Waals surface area contributed by atoms with Gasteiger partial charge in [0.25, 0.3) is 5.91 Å². The average molecular weight is 721 g/mol. The molecule has 3 aliphatic rings. The molecular formula is C37H36Cl2FN5O5. The van der Waals surface area contributed by atoms with Crippen molar-refractivity contribution in [2.24, 2.45) is 13.0 Å². The predicted molar refractivity (Wildman–Crippen MR) is 189 cm³/mol. The van der Waals surface area contributed by atoms with Crippen LogP contribution in [0.15, 0.2) is 48.5 Å². The van der Waals surface area contributed by atoms with Crippen LogP contribution in [-0.2, 0) is 31.4 Å². The fourth-order valence-electron chi connectivity index (χ4n) is 7.14. The van der Waals surface area contributed by atoms with E-state index < -0.39 is 23.8 Å². The molecule has 50 heavy (non-hydrogen) atoms. The van der Waals surface area contributed by atoms with E-state index in [0.29, 0.717) is 60.3 Å². The molecule has 1 amide bonds. The maximum Gasteiger partial charge on any atom is 0.307 e. The van der Waals surface area contributed by atoms with E-state index in [9.17, 15) is 14.7 Å². The molecule has 4 aromatic rings. The van der Waals surface area contributed by atoms with Crippen molar-refractivity contribution in [1.82, 2.24) is 19.4 Å². The minimum atomic E-state index is -0.839. The lowest BCUT2D eigenvalue weighted by Gasteiger charge is -2.22. The Balaban J connectivity index is 1.12. The number of carboxylic acids is 1. The van der Waals surface area contributed by atoms with E-state index in [1.54, 1.807) is 12.1 Å². The van der Waals surface area contributed by atoms with Crippen LogP contribution in [0.1, 0.15) is 51.2 Å². The van der Waals surface area contributed by atoms with E-state index in [1.807, 2.05) is 66.0 Å². The number of carboxylic acid groups (broad SMARTS) is 1. The number of aliphatic carboxylic acids is 1. The second-order valence-electron chi connectivity index (χ2n) is 13.0. The maximum atomic E-state index is 15.9. The highest BCUT2D eigenvalue weighted by Crippen LogP contribution is 2.45. The number of methoxy groups -OCH3 is 1. The third kappa shape index (κ3) is 6.23. The Bertz CT molecular complexity index is 2050. The molecular weight excluding hydrogens is 684 g/mol. The zero-order valence-corrected chi connectivity index (χ0v) is 29.3. The third-order valence-corrected chi connectivity index (χ3v) is 10.4. The molecule has 13 heteroatoms. The van der Waals surface area contributed by atoms with Crippen LogP contribution in [-0.4, -0.2) is 70.1 Å². The van der Waals surface area contributed by atoms with Gasteiger partial charge in [-0.3, -0.25) is 14.5 Å². The van der Waals surface area contributed by atoms with Gasteiger partial charge in [0.1, 0.15) is 6.10 Å². The number of benzene rings is 3. The average Bonchev–Trinajstić information content (AvgIpc) is 3.81. The Kier molecular flexibility index (Phi) is 9.34. The molecule has 2 N–H and O–H groups in total. The Labute approximate surface area is 299 Å². The first-order valence-electron chi connectivity index (χ1n) is 16.3. The van der Waals surface area contributed by atoms with E-state index >= 15 is 4.39 Å². The Morgan fingerprint density at radius 2 is 1.88 bits per heavy atom. The van der Waals surface area contributed by atoms with Crippen LogP contribution < -0.4 is 14.8 Å². The van der Waals surface area contributed by atoms with Crippen LogP contribution >= 0.6 is 23.2 Å². The third-order valence-electron chi connectivity index (χ3n) is 9.74. The molecule has 1 fully saturated rings. The standard InChI is InChI=1S/C37H36Cl2FN5O5/c1-43-14-13-29-28(19-43)41-35(44(29)2)36(46)42-27-9-5-8-25(31(27)39)22-6-4-7-24-23(22)10-11-30(24)50-34-26(38)16-21(33(49-3)32(34)40)18-45-15-12-20(17-45)37(47)48/h4-11,16,20,30H,12-15,17-19H2,1-3H3,(H,42,46)(H,47,48). The van der Waals surface area contributed by atoms with E-state index in [-0.39, 0.29) is 22.4 Å². The van der Waals surface area contributed by atoms with E-state index in [1.165, 1.54) is 7.11 Å². The first-order chi connectivity index (χ1) is 24.0. The predicted octanol–water partition coefficient (Wildman–Crippen LogP) is 6.84. The number of nitrogens with zero attached hydrogens (tertiary/aromatic N) is 4. The number of amides is 1. The second kappa shape index (κ2) is 13.7. The number of hydrogen-bond acceptors (Lipinski definition) is 7. The molecule has 10 nitrogen and oxygen atoms in total. The van der Waals surface area contributed by atoms with Gasteiger partial charge in [-0.25, -0.2) is 4.98 Å². The molecule has 3 heterocycles. The first-order valence-corrected chi connectivity index (χ1v) is 17.1. The molecule has 260 valence electrons. The summed E-state index contributed by atoms with van der Waals surface area (Å²) in [4.78, 5) is 33.6. The number of carbonyl (C=O) groups is 2. The van der Waals surface area contributed by atoms with Crippen molar-refractivity contribution >= 4 is 46.8 Å². The number of fused-ring (bicyclic) bond motifs is 2. The normalized spacial score (nSPS) is 18.6. The molecule has 2 atom stereocenters. The lowest BCUT2D eigenvalue weighted by molar-refractivity contribution is -0.141. The topological polar surface area (TPSA) is 109 Å². The molecule has 1 aromatic heterocycles. The molecule has 0 radical (unpaired) electrons. The first kappa shape index (κ1) is 34.0. The van der Waals surface area contributed by atoms with Crippen molar-refractivity contribution in [2.45, 2.75) is 32.0 Å². The fraction of sp³-hybridized carbons (Fsp3) is 0.324. The van der Waals surface area contributed by atoms with Crippen molar-refractivity contribution in [3.05, 3.63) is 98.3 Å². The largest absolute Gasteiger partial charge is 0.493 e. The van der Waals surface area contributed by atoms with Gasteiger partial charge in [0, 0.05) is 62.0 Å². The van der Waals surface area contributed by atoms with Crippen molar-refractivity contribution < 1.29 is 28.6 Å². The number of carbonyl (C=O) groups excluding carboxylic acids is 1. The second-order valence-corrected chi connectivity index (χ2v) is 13.7. The van der Waals surface area contributed by atoms with Gasteiger partial charge < -0.3 is 29.4 Å². The smallest absolute Gasteiger partial charge is 0.307 e. The lowest BCUT2D eigenvalue weighted by Crippen LogP contribution is -2.27. The van der Waals surface area contributed by atoms with Crippen molar-refractivity contribution in [2.75, 3.05) is 39.1 Å².